The molecule has 2 aliphatic rings. The minimum Gasteiger partial charge on any atom is -0.444 e. The van der Waals surface area contributed by atoms with Crippen molar-refractivity contribution in [1.82, 2.24) is 4.90 Å². The van der Waals surface area contributed by atoms with Gasteiger partial charge in [-0.15, -0.1) is 0 Å². The lowest BCUT2D eigenvalue weighted by Gasteiger charge is -2.42. The normalized spacial score (nSPS) is 22.8. The Morgan fingerprint density at radius 1 is 1.19 bits per heavy atom. The number of amides is 1. The van der Waals surface area contributed by atoms with Gasteiger partial charge in [-0.05, 0) is 81.5 Å². The van der Waals surface area contributed by atoms with Gasteiger partial charge < -0.3 is 9.64 Å². The zero-order valence-electron chi connectivity index (χ0n) is 18.3. The van der Waals surface area contributed by atoms with Gasteiger partial charge in [-0.1, -0.05) is 12.1 Å². The molecule has 0 bridgehead atoms. The monoisotopic (exact) mass is 459 g/mol. The maximum absolute atomic E-state index is 14.1. The molecule has 1 amide bonds. The number of fused-ring (bicyclic) bond motifs is 3. The van der Waals surface area contributed by atoms with E-state index < -0.39 is 38.1 Å². The van der Waals surface area contributed by atoms with Crippen molar-refractivity contribution in [3.8, 4) is 0 Å². The van der Waals surface area contributed by atoms with E-state index >= 15 is 0 Å². The molecular formula is C24H26FNO5S. The number of benzene rings is 2. The van der Waals surface area contributed by atoms with E-state index in [0.29, 0.717) is 24.0 Å². The fourth-order valence-corrected chi connectivity index (χ4v) is 7.35. The van der Waals surface area contributed by atoms with E-state index in [1.54, 1.807) is 39.0 Å². The van der Waals surface area contributed by atoms with Crippen LogP contribution in [0.25, 0.3) is 0 Å². The number of rotatable bonds is 3. The molecule has 0 spiro atoms. The highest BCUT2D eigenvalue weighted by Crippen LogP contribution is 2.53. The van der Waals surface area contributed by atoms with Crippen LogP contribution in [0.15, 0.2) is 47.4 Å². The van der Waals surface area contributed by atoms with Crippen LogP contribution in [0.4, 0.5) is 9.18 Å². The van der Waals surface area contributed by atoms with E-state index in [4.69, 9.17) is 4.74 Å². The number of nitrogens with zero attached hydrogens (tertiary/aromatic N) is 1. The average Bonchev–Trinajstić information content (AvgIpc) is 3.14. The predicted octanol–water partition coefficient (Wildman–Crippen LogP) is 4.26. The first-order valence-electron chi connectivity index (χ1n) is 10.6. The van der Waals surface area contributed by atoms with Gasteiger partial charge in [0.15, 0.2) is 9.84 Å². The van der Waals surface area contributed by atoms with Gasteiger partial charge in [0.1, 0.15) is 22.5 Å². The average molecular weight is 460 g/mol. The number of likely N-dealkylation sites (tertiary alicyclic amines) is 1. The summed E-state index contributed by atoms with van der Waals surface area (Å²) in [4.78, 5) is 25.8. The number of aldehydes is 1. The van der Waals surface area contributed by atoms with Crippen molar-refractivity contribution >= 4 is 22.2 Å². The molecule has 4 rings (SSSR count). The van der Waals surface area contributed by atoms with E-state index in [9.17, 15) is 22.4 Å². The number of carbonyl (C=O) groups is 2. The van der Waals surface area contributed by atoms with Crippen LogP contribution < -0.4 is 0 Å². The summed E-state index contributed by atoms with van der Waals surface area (Å²) in [7, 11) is -4.02. The molecule has 0 N–H and O–H groups in total. The number of aryl methyl sites for hydroxylation is 1. The van der Waals surface area contributed by atoms with Gasteiger partial charge in [-0.3, -0.25) is 4.79 Å². The zero-order valence-corrected chi connectivity index (χ0v) is 19.1. The molecular weight excluding hydrogens is 433 g/mol. The lowest BCUT2D eigenvalue weighted by Crippen LogP contribution is -2.52. The minimum absolute atomic E-state index is 0.00209. The topological polar surface area (TPSA) is 80.8 Å². The molecule has 0 saturated carbocycles. The van der Waals surface area contributed by atoms with Gasteiger partial charge in [0, 0.05) is 12.1 Å². The molecule has 2 aromatic carbocycles. The Morgan fingerprint density at radius 2 is 1.88 bits per heavy atom. The van der Waals surface area contributed by atoms with Crippen LogP contribution in [0.2, 0.25) is 0 Å². The third-order valence-electron chi connectivity index (χ3n) is 6.28. The first kappa shape index (κ1) is 22.5. The standard InChI is InChI=1S/C24H26FNO5S/c1-23(2,3)31-22(28)26-13-12-24(32(29,30)19-8-6-18(25)7-9-19)20-10-4-16(15-27)14-17(20)5-11-21(24)26/h4,6-10,14-15,21H,5,11-13H2,1-3H3. The Bertz CT molecular complexity index is 1170. The van der Waals surface area contributed by atoms with Gasteiger partial charge in [-0.2, -0.15) is 0 Å². The molecule has 170 valence electrons. The van der Waals surface area contributed by atoms with E-state index in [1.807, 2.05) is 0 Å². The summed E-state index contributed by atoms with van der Waals surface area (Å²) in [5.74, 6) is -0.528. The third kappa shape index (κ3) is 3.50. The molecule has 32 heavy (non-hydrogen) atoms. The lowest BCUT2D eigenvalue weighted by molar-refractivity contribution is 0.0202. The molecule has 2 unspecified atom stereocenters. The molecule has 1 heterocycles. The van der Waals surface area contributed by atoms with Crippen LogP contribution in [0.5, 0.6) is 0 Å². The quantitative estimate of drug-likeness (QED) is 0.506. The third-order valence-corrected chi connectivity index (χ3v) is 8.83. The first-order chi connectivity index (χ1) is 15.0. The van der Waals surface area contributed by atoms with Crippen LogP contribution in [0, 0.1) is 5.82 Å². The van der Waals surface area contributed by atoms with Crippen LogP contribution in [0.3, 0.4) is 0 Å². The van der Waals surface area contributed by atoms with E-state index in [-0.39, 0.29) is 17.9 Å². The van der Waals surface area contributed by atoms with Crippen molar-refractivity contribution in [2.75, 3.05) is 6.54 Å². The van der Waals surface area contributed by atoms with Crippen molar-refractivity contribution in [3.63, 3.8) is 0 Å². The molecule has 1 saturated heterocycles. The smallest absolute Gasteiger partial charge is 0.410 e. The van der Waals surface area contributed by atoms with Gasteiger partial charge >= 0.3 is 6.09 Å². The van der Waals surface area contributed by atoms with Gasteiger partial charge in [0.05, 0.1) is 10.9 Å². The molecule has 1 fully saturated rings. The first-order valence-corrected chi connectivity index (χ1v) is 12.1. The molecule has 1 aliphatic heterocycles. The molecule has 0 radical (unpaired) electrons. The Morgan fingerprint density at radius 3 is 2.50 bits per heavy atom. The largest absolute Gasteiger partial charge is 0.444 e. The molecule has 1 aliphatic carbocycles. The van der Waals surface area contributed by atoms with Gasteiger partial charge in [-0.25, -0.2) is 17.6 Å². The lowest BCUT2D eigenvalue weighted by atomic mass is 9.78. The zero-order chi connectivity index (χ0) is 23.3. The van der Waals surface area contributed by atoms with Crippen molar-refractivity contribution in [1.29, 1.82) is 0 Å². The number of hydrogen-bond acceptors (Lipinski definition) is 5. The van der Waals surface area contributed by atoms with Crippen molar-refractivity contribution < 1.29 is 27.1 Å². The number of hydrogen-bond donors (Lipinski definition) is 0. The minimum atomic E-state index is -4.02. The Balaban J connectivity index is 1.89. The van der Waals surface area contributed by atoms with Crippen molar-refractivity contribution in [3.05, 3.63) is 65.0 Å². The summed E-state index contributed by atoms with van der Waals surface area (Å²) < 4.78 is 45.9. The second-order valence-corrected chi connectivity index (χ2v) is 11.6. The van der Waals surface area contributed by atoms with Crippen LogP contribution in [0.1, 0.15) is 55.1 Å². The fourth-order valence-electron chi connectivity index (χ4n) is 4.98. The summed E-state index contributed by atoms with van der Waals surface area (Å²) in [6, 6.07) is 9.15. The van der Waals surface area contributed by atoms with E-state index in [2.05, 4.69) is 0 Å². The Labute approximate surface area is 187 Å². The summed E-state index contributed by atoms with van der Waals surface area (Å²) in [5, 5.41) is 0. The number of ether oxygens (including phenoxy) is 1. The van der Waals surface area contributed by atoms with Gasteiger partial charge in [0.25, 0.3) is 0 Å². The Kier molecular flexibility index (Phi) is 5.40. The molecule has 0 aromatic heterocycles. The number of carbonyl (C=O) groups excluding carboxylic acids is 2. The molecule has 8 heteroatoms. The van der Waals surface area contributed by atoms with Crippen LogP contribution in [-0.2, 0) is 25.7 Å². The summed E-state index contributed by atoms with van der Waals surface area (Å²) in [5.41, 5.74) is 1.12. The highest BCUT2D eigenvalue weighted by Gasteiger charge is 2.61. The fraction of sp³-hybridized carbons (Fsp3) is 0.417. The predicted molar refractivity (Wildman–Crippen MR) is 117 cm³/mol. The highest BCUT2D eigenvalue weighted by molar-refractivity contribution is 7.92. The highest BCUT2D eigenvalue weighted by atomic mass is 32.2. The Hall–Kier alpha value is -2.74. The molecule has 2 aromatic rings. The SMILES string of the molecule is CC(C)(C)OC(=O)N1CCC2(S(=O)(=O)c3ccc(F)cc3)c3ccc(C=O)cc3CCC12. The van der Waals surface area contributed by atoms with Crippen molar-refractivity contribution in [2.24, 2.45) is 0 Å². The maximum atomic E-state index is 14.1. The summed E-state index contributed by atoms with van der Waals surface area (Å²) in [6.45, 7) is 5.51. The number of sulfone groups is 1. The molecule has 2 atom stereocenters. The maximum Gasteiger partial charge on any atom is 0.410 e. The van der Waals surface area contributed by atoms with Crippen LogP contribution in [-0.4, -0.2) is 43.9 Å². The molecule has 6 nitrogen and oxygen atoms in total. The second kappa shape index (κ2) is 7.69. The van der Waals surface area contributed by atoms with E-state index in [0.717, 1.165) is 24.0 Å². The summed E-state index contributed by atoms with van der Waals surface area (Å²) in [6.07, 6.45) is 1.31. The van der Waals surface area contributed by atoms with Crippen LogP contribution >= 0.6 is 0 Å². The number of halogens is 1. The second-order valence-electron chi connectivity index (χ2n) is 9.36. The summed E-state index contributed by atoms with van der Waals surface area (Å²) >= 11 is 0. The van der Waals surface area contributed by atoms with E-state index in [1.165, 1.54) is 17.0 Å². The van der Waals surface area contributed by atoms with Gasteiger partial charge in [0.2, 0.25) is 0 Å². The van der Waals surface area contributed by atoms with Crippen molar-refractivity contribution in [2.45, 2.75) is 61.3 Å².